The van der Waals surface area contributed by atoms with Gasteiger partial charge in [-0.1, -0.05) is 0 Å². The summed E-state index contributed by atoms with van der Waals surface area (Å²) in [4.78, 5) is 13.3. The van der Waals surface area contributed by atoms with Crippen molar-refractivity contribution in [1.82, 2.24) is 5.32 Å². The van der Waals surface area contributed by atoms with E-state index in [4.69, 9.17) is 4.42 Å². The Bertz CT molecular complexity index is 601. The smallest absolute Gasteiger partial charge is 0.251 e. The molecule has 0 aliphatic heterocycles. The van der Waals surface area contributed by atoms with Crippen LogP contribution >= 0.6 is 11.8 Å². The Labute approximate surface area is 123 Å². The van der Waals surface area contributed by atoms with Gasteiger partial charge in [-0.2, -0.15) is 0 Å². The van der Waals surface area contributed by atoms with Crippen molar-refractivity contribution in [2.24, 2.45) is 0 Å². The first-order valence-electron chi connectivity index (χ1n) is 6.53. The summed E-state index contributed by atoms with van der Waals surface area (Å²) in [6, 6.07) is 9.51. The molecule has 1 N–H and O–H groups in total. The fraction of sp³-hybridized carbons (Fsp3) is 0.312. The highest BCUT2D eigenvalue weighted by Gasteiger charge is 2.15. The molecule has 0 saturated heterocycles. The second-order valence-corrected chi connectivity index (χ2v) is 5.67. The van der Waals surface area contributed by atoms with Crippen LogP contribution in [0, 0.1) is 13.8 Å². The molecule has 3 nitrogen and oxygen atoms in total. The van der Waals surface area contributed by atoms with Gasteiger partial charge in [-0.3, -0.25) is 4.79 Å². The van der Waals surface area contributed by atoms with E-state index in [9.17, 15) is 4.79 Å². The lowest BCUT2D eigenvalue weighted by atomic mass is 10.1. The maximum atomic E-state index is 12.2. The van der Waals surface area contributed by atoms with Crippen LogP contribution in [0.25, 0.3) is 0 Å². The quantitative estimate of drug-likeness (QED) is 0.861. The number of carbonyl (C=O) groups excluding carboxylic acids is 1. The maximum Gasteiger partial charge on any atom is 0.251 e. The molecule has 0 radical (unpaired) electrons. The Kier molecular flexibility index (Phi) is 4.55. The number of thioether (sulfide) groups is 1. The second kappa shape index (κ2) is 6.18. The van der Waals surface area contributed by atoms with E-state index in [0.29, 0.717) is 5.56 Å². The first-order valence-corrected chi connectivity index (χ1v) is 7.75. The molecule has 1 atom stereocenters. The highest BCUT2D eigenvalue weighted by Crippen LogP contribution is 2.22. The number of hydrogen-bond donors (Lipinski definition) is 1. The predicted molar refractivity (Wildman–Crippen MR) is 82.3 cm³/mol. The number of furan rings is 1. The molecule has 1 heterocycles. The molecule has 106 valence electrons. The van der Waals surface area contributed by atoms with Gasteiger partial charge in [-0.05, 0) is 57.4 Å². The summed E-state index contributed by atoms with van der Waals surface area (Å²) in [5.41, 5.74) is 1.70. The molecule has 0 spiro atoms. The average molecular weight is 289 g/mol. The third-order valence-electron chi connectivity index (χ3n) is 3.25. The predicted octanol–water partition coefficient (Wildman–Crippen LogP) is 4.11. The fourth-order valence-electron chi connectivity index (χ4n) is 2.18. The average Bonchev–Trinajstić information content (AvgIpc) is 2.78. The molecule has 20 heavy (non-hydrogen) atoms. The summed E-state index contributed by atoms with van der Waals surface area (Å²) < 4.78 is 5.50. The Morgan fingerprint density at radius 3 is 2.40 bits per heavy atom. The summed E-state index contributed by atoms with van der Waals surface area (Å²) in [5, 5.41) is 3.00. The van der Waals surface area contributed by atoms with Gasteiger partial charge in [0.25, 0.3) is 5.91 Å². The molecule has 0 aliphatic carbocycles. The highest BCUT2D eigenvalue weighted by molar-refractivity contribution is 7.98. The molecular formula is C16H19NO2S. The summed E-state index contributed by atoms with van der Waals surface area (Å²) in [6.07, 6.45) is 2.02. The lowest BCUT2D eigenvalue weighted by molar-refractivity contribution is 0.0939. The lowest BCUT2D eigenvalue weighted by Gasteiger charge is -2.13. The number of rotatable bonds is 4. The zero-order chi connectivity index (χ0) is 14.7. The Hall–Kier alpha value is -1.68. The van der Waals surface area contributed by atoms with Gasteiger partial charge in [-0.15, -0.1) is 11.8 Å². The van der Waals surface area contributed by atoms with Crippen LogP contribution in [-0.4, -0.2) is 12.2 Å². The van der Waals surface area contributed by atoms with Crippen molar-refractivity contribution in [2.75, 3.05) is 6.26 Å². The van der Waals surface area contributed by atoms with Crippen molar-refractivity contribution in [1.29, 1.82) is 0 Å². The number of benzene rings is 1. The summed E-state index contributed by atoms with van der Waals surface area (Å²) in [7, 11) is 0. The minimum Gasteiger partial charge on any atom is -0.466 e. The standard InChI is InChI=1S/C16H19NO2S/c1-10-9-15(12(3)19-10)11(2)17-16(18)13-5-7-14(20-4)8-6-13/h5-9,11H,1-4H3,(H,17,18). The zero-order valence-electron chi connectivity index (χ0n) is 12.2. The van der Waals surface area contributed by atoms with E-state index in [2.05, 4.69) is 5.32 Å². The third-order valence-corrected chi connectivity index (χ3v) is 3.99. The zero-order valence-corrected chi connectivity index (χ0v) is 13.0. The molecular weight excluding hydrogens is 270 g/mol. The molecule has 2 rings (SSSR count). The van der Waals surface area contributed by atoms with Crippen LogP contribution in [0.15, 0.2) is 39.6 Å². The van der Waals surface area contributed by atoms with Crippen LogP contribution < -0.4 is 5.32 Å². The molecule has 0 fully saturated rings. The second-order valence-electron chi connectivity index (χ2n) is 4.79. The summed E-state index contributed by atoms with van der Waals surface area (Å²) in [5.74, 6) is 1.65. The van der Waals surface area contributed by atoms with Gasteiger partial charge >= 0.3 is 0 Å². The minimum atomic E-state index is -0.0693. The molecule has 0 aliphatic rings. The van der Waals surface area contributed by atoms with Crippen molar-refractivity contribution in [3.05, 3.63) is 53.0 Å². The fourth-order valence-corrected chi connectivity index (χ4v) is 2.59. The topological polar surface area (TPSA) is 42.2 Å². The number of amides is 1. The Morgan fingerprint density at radius 2 is 1.90 bits per heavy atom. The van der Waals surface area contributed by atoms with Gasteiger partial charge in [0.1, 0.15) is 11.5 Å². The molecule has 4 heteroatoms. The number of nitrogens with one attached hydrogen (secondary N) is 1. The first kappa shape index (κ1) is 14.7. The largest absolute Gasteiger partial charge is 0.466 e. The summed E-state index contributed by atoms with van der Waals surface area (Å²) in [6.45, 7) is 5.79. The molecule has 1 aromatic heterocycles. The van der Waals surface area contributed by atoms with Gasteiger partial charge in [-0.25, -0.2) is 0 Å². The van der Waals surface area contributed by atoms with E-state index >= 15 is 0 Å². The van der Waals surface area contributed by atoms with Crippen molar-refractivity contribution >= 4 is 17.7 Å². The first-order chi connectivity index (χ1) is 9.51. The molecule has 0 saturated carbocycles. The van der Waals surface area contributed by atoms with E-state index < -0.39 is 0 Å². The van der Waals surface area contributed by atoms with Gasteiger partial charge in [0.2, 0.25) is 0 Å². The maximum absolute atomic E-state index is 12.2. The number of hydrogen-bond acceptors (Lipinski definition) is 3. The highest BCUT2D eigenvalue weighted by atomic mass is 32.2. The van der Waals surface area contributed by atoms with Crippen molar-refractivity contribution in [3.63, 3.8) is 0 Å². The van der Waals surface area contributed by atoms with E-state index in [1.54, 1.807) is 11.8 Å². The van der Waals surface area contributed by atoms with Crippen molar-refractivity contribution < 1.29 is 9.21 Å². The summed E-state index contributed by atoms with van der Waals surface area (Å²) >= 11 is 1.66. The molecule has 1 unspecified atom stereocenters. The van der Waals surface area contributed by atoms with Gasteiger partial charge < -0.3 is 9.73 Å². The molecule has 1 aromatic carbocycles. The Balaban J connectivity index is 2.08. The van der Waals surface area contributed by atoms with Crippen molar-refractivity contribution in [2.45, 2.75) is 31.7 Å². The third kappa shape index (κ3) is 3.25. The molecule has 1 amide bonds. The van der Waals surface area contributed by atoms with E-state index in [1.807, 2.05) is 57.4 Å². The number of carbonyl (C=O) groups is 1. The lowest BCUT2D eigenvalue weighted by Crippen LogP contribution is -2.26. The Morgan fingerprint density at radius 1 is 1.25 bits per heavy atom. The van der Waals surface area contributed by atoms with Crippen molar-refractivity contribution in [3.8, 4) is 0 Å². The van der Waals surface area contributed by atoms with Gasteiger partial charge in [0.15, 0.2) is 0 Å². The van der Waals surface area contributed by atoms with Crippen LogP contribution in [0.4, 0.5) is 0 Å². The van der Waals surface area contributed by atoms with E-state index in [1.165, 1.54) is 0 Å². The van der Waals surface area contributed by atoms with Crippen LogP contribution in [0.2, 0.25) is 0 Å². The SMILES string of the molecule is CSc1ccc(C(=O)NC(C)c2cc(C)oc2C)cc1. The minimum absolute atomic E-state index is 0.0663. The monoisotopic (exact) mass is 289 g/mol. The van der Waals surface area contributed by atoms with Gasteiger partial charge in [0, 0.05) is 16.0 Å². The molecule has 0 bridgehead atoms. The van der Waals surface area contributed by atoms with Crippen LogP contribution in [0.3, 0.4) is 0 Å². The van der Waals surface area contributed by atoms with Gasteiger partial charge in [0.05, 0.1) is 6.04 Å². The van der Waals surface area contributed by atoms with Crippen LogP contribution in [-0.2, 0) is 0 Å². The number of aryl methyl sites for hydroxylation is 2. The van der Waals surface area contributed by atoms with Crippen LogP contribution in [0.5, 0.6) is 0 Å². The molecule has 2 aromatic rings. The van der Waals surface area contributed by atoms with Crippen LogP contribution in [0.1, 0.15) is 40.4 Å². The normalized spacial score (nSPS) is 12.2. The van der Waals surface area contributed by atoms with E-state index in [0.717, 1.165) is 22.0 Å². The van der Waals surface area contributed by atoms with E-state index in [-0.39, 0.29) is 11.9 Å².